The molecule has 0 unspecified atom stereocenters. The zero-order valence-electron chi connectivity index (χ0n) is 9.08. The van der Waals surface area contributed by atoms with Gasteiger partial charge in [0.15, 0.2) is 5.16 Å². The number of hydrogen-bond acceptors (Lipinski definition) is 5. The Labute approximate surface area is 107 Å². The van der Waals surface area contributed by atoms with Gasteiger partial charge >= 0.3 is 5.97 Å². The van der Waals surface area contributed by atoms with Gasteiger partial charge in [0.1, 0.15) is 4.88 Å². The molecular weight excluding hydrogens is 256 g/mol. The zero-order valence-corrected chi connectivity index (χ0v) is 10.7. The third-order valence-electron chi connectivity index (χ3n) is 2.07. The summed E-state index contributed by atoms with van der Waals surface area (Å²) < 4.78 is 0. The Morgan fingerprint density at radius 1 is 1.53 bits per heavy atom. The van der Waals surface area contributed by atoms with E-state index in [1.165, 1.54) is 23.1 Å². The number of hydrogen-bond donors (Lipinski definition) is 1. The van der Waals surface area contributed by atoms with Crippen LogP contribution in [0, 0.1) is 6.92 Å². The fourth-order valence-corrected chi connectivity index (χ4v) is 3.00. The minimum absolute atomic E-state index is 0.394. The number of thioether (sulfide) groups is 1. The summed E-state index contributed by atoms with van der Waals surface area (Å²) >= 11 is 2.69. The van der Waals surface area contributed by atoms with Crippen molar-refractivity contribution in [1.82, 2.24) is 9.97 Å². The molecule has 2 aromatic rings. The standard InChI is InChI=1S/C11H10N2O2S2/c1-7-2-4-12-11(13-7)17-6-8-3-5-16-9(8)10(14)15/h2-5H,6H2,1H3,(H,14,15). The molecule has 1 N–H and O–H groups in total. The molecule has 0 atom stereocenters. The van der Waals surface area contributed by atoms with E-state index in [1.807, 2.05) is 19.1 Å². The number of aromatic carboxylic acids is 1. The van der Waals surface area contributed by atoms with E-state index in [0.717, 1.165) is 11.3 Å². The average molecular weight is 266 g/mol. The molecule has 0 radical (unpaired) electrons. The predicted octanol–water partition coefficient (Wildman–Crippen LogP) is 2.84. The molecule has 0 aromatic carbocycles. The number of rotatable bonds is 4. The fraction of sp³-hybridized carbons (Fsp3) is 0.182. The number of carbonyl (C=O) groups is 1. The lowest BCUT2D eigenvalue weighted by molar-refractivity contribution is 0.0701. The lowest BCUT2D eigenvalue weighted by atomic mass is 10.3. The van der Waals surface area contributed by atoms with E-state index in [0.29, 0.717) is 15.8 Å². The van der Waals surface area contributed by atoms with Crippen molar-refractivity contribution in [3.63, 3.8) is 0 Å². The third-order valence-corrected chi connectivity index (χ3v) is 3.93. The van der Waals surface area contributed by atoms with Crippen molar-refractivity contribution < 1.29 is 9.90 Å². The van der Waals surface area contributed by atoms with Crippen LogP contribution in [0.15, 0.2) is 28.9 Å². The van der Waals surface area contributed by atoms with Crippen molar-refractivity contribution in [2.45, 2.75) is 17.8 Å². The molecule has 17 heavy (non-hydrogen) atoms. The number of aromatic nitrogens is 2. The second kappa shape index (κ2) is 5.29. The highest BCUT2D eigenvalue weighted by Crippen LogP contribution is 2.24. The van der Waals surface area contributed by atoms with Gasteiger partial charge in [0, 0.05) is 17.6 Å². The van der Waals surface area contributed by atoms with Gasteiger partial charge in [0.05, 0.1) is 0 Å². The maximum atomic E-state index is 10.9. The molecule has 0 saturated carbocycles. The SMILES string of the molecule is Cc1ccnc(SCc2ccsc2C(=O)O)n1. The first kappa shape index (κ1) is 12.1. The summed E-state index contributed by atoms with van der Waals surface area (Å²) in [6.07, 6.45) is 1.70. The summed E-state index contributed by atoms with van der Waals surface area (Å²) in [5.74, 6) is -0.296. The number of carboxylic acid groups (broad SMARTS) is 1. The predicted molar refractivity (Wildman–Crippen MR) is 67.6 cm³/mol. The molecule has 2 rings (SSSR count). The van der Waals surface area contributed by atoms with Gasteiger partial charge in [-0.15, -0.1) is 11.3 Å². The van der Waals surface area contributed by atoms with Crippen LogP contribution in [-0.2, 0) is 5.75 Å². The summed E-state index contributed by atoms with van der Waals surface area (Å²) in [6, 6.07) is 3.66. The molecule has 0 aliphatic carbocycles. The molecule has 0 aliphatic heterocycles. The van der Waals surface area contributed by atoms with Crippen molar-refractivity contribution in [1.29, 1.82) is 0 Å². The topological polar surface area (TPSA) is 63.1 Å². The van der Waals surface area contributed by atoms with E-state index in [1.54, 1.807) is 11.6 Å². The Kier molecular flexibility index (Phi) is 3.75. The minimum atomic E-state index is -0.874. The number of carboxylic acids is 1. The second-order valence-electron chi connectivity index (χ2n) is 3.35. The number of thiophene rings is 1. The monoisotopic (exact) mass is 266 g/mol. The Morgan fingerprint density at radius 2 is 2.35 bits per heavy atom. The fourth-order valence-electron chi connectivity index (χ4n) is 1.27. The molecule has 6 heteroatoms. The van der Waals surface area contributed by atoms with Crippen LogP contribution in [-0.4, -0.2) is 21.0 Å². The summed E-state index contributed by atoms with van der Waals surface area (Å²) in [7, 11) is 0. The van der Waals surface area contributed by atoms with Gasteiger partial charge in [-0.1, -0.05) is 11.8 Å². The van der Waals surface area contributed by atoms with Crippen LogP contribution < -0.4 is 0 Å². The van der Waals surface area contributed by atoms with Crippen molar-refractivity contribution in [3.05, 3.63) is 39.8 Å². The van der Waals surface area contributed by atoms with Crippen LogP contribution >= 0.6 is 23.1 Å². The van der Waals surface area contributed by atoms with Gasteiger partial charge < -0.3 is 5.11 Å². The van der Waals surface area contributed by atoms with Gasteiger partial charge in [-0.05, 0) is 30.0 Å². The Bertz CT molecular complexity index is 540. The molecule has 2 aromatic heterocycles. The average Bonchev–Trinajstić information content (AvgIpc) is 2.74. The minimum Gasteiger partial charge on any atom is -0.477 e. The zero-order chi connectivity index (χ0) is 12.3. The first-order valence-electron chi connectivity index (χ1n) is 4.89. The van der Waals surface area contributed by atoms with Crippen LogP contribution in [0.1, 0.15) is 20.9 Å². The molecular formula is C11H10N2O2S2. The van der Waals surface area contributed by atoms with Crippen LogP contribution in [0.4, 0.5) is 0 Å². The molecule has 0 aliphatic rings. The summed E-state index contributed by atoms with van der Waals surface area (Å²) in [4.78, 5) is 19.7. The van der Waals surface area contributed by atoms with Crippen LogP contribution in [0.5, 0.6) is 0 Å². The maximum absolute atomic E-state index is 10.9. The van der Waals surface area contributed by atoms with Gasteiger partial charge in [-0.25, -0.2) is 14.8 Å². The normalized spacial score (nSPS) is 10.4. The van der Waals surface area contributed by atoms with Crippen LogP contribution in [0.2, 0.25) is 0 Å². The third kappa shape index (κ3) is 3.04. The molecule has 88 valence electrons. The quantitative estimate of drug-likeness (QED) is 0.681. The highest BCUT2D eigenvalue weighted by atomic mass is 32.2. The van der Waals surface area contributed by atoms with E-state index in [2.05, 4.69) is 9.97 Å². The van der Waals surface area contributed by atoms with Crippen molar-refractivity contribution in [2.24, 2.45) is 0 Å². The van der Waals surface area contributed by atoms with Crippen LogP contribution in [0.3, 0.4) is 0 Å². The van der Waals surface area contributed by atoms with E-state index in [-0.39, 0.29) is 0 Å². The first-order chi connectivity index (χ1) is 8.16. The van der Waals surface area contributed by atoms with E-state index in [9.17, 15) is 4.79 Å². The lowest BCUT2D eigenvalue weighted by Crippen LogP contribution is -1.96. The molecule has 0 amide bonds. The van der Waals surface area contributed by atoms with Crippen LogP contribution in [0.25, 0.3) is 0 Å². The van der Waals surface area contributed by atoms with Gasteiger partial charge in [0.25, 0.3) is 0 Å². The lowest BCUT2D eigenvalue weighted by Gasteiger charge is -2.00. The van der Waals surface area contributed by atoms with Gasteiger partial charge in [0.2, 0.25) is 0 Å². The summed E-state index contributed by atoms with van der Waals surface area (Å²) in [6.45, 7) is 1.90. The Morgan fingerprint density at radius 3 is 3.06 bits per heavy atom. The smallest absolute Gasteiger partial charge is 0.346 e. The first-order valence-corrected chi connectivity index (χ1v) is 6.75. The Hall–Kier alpha value is -1.40. The molecule has 0 spiro atoms. The largest absolute Gasteiger partial charge is 0.477 e. The van der Waals surface area contributed by atoms with E-state index < -0.39 is 5.97 Å². The molecule has 0 fully saturated rings. The van der Waals surface area contributed by atoms with E-state index >= 15 is 0 Å². The van der Waals surface area contributed by atoms with Crippen molar-refractivity contribution >= 4 is 29.1 Å². The van der Waals surface area contributed by atoms with Crippen molar-refractivity contribution in [2.75, 3.05) is 0 Å². The second-order valence-corrected chi connectivity index (χ2v) is 5.21. The molecule has 0 bridgehead atoms. The summed E-state index contributed by atoms with van der Waals surface area (Å²) in [5.41, 5.74) is 1.73. The Balaban J connectivity index is 2.07. The van der Waals surface area contributed by atoms with E-state index in [4.69, 9.17) is 5.11 Å². The van der Waals surface area contributed by atoms with Gasteiger partial charge in [-0.2, -0.15) is 0 Å². The number of aryl methyl sites for hydroxylation is 1. The highest BCUT2D eigenvalue weighted by Gasteiger charge is 2.12. The molecule has 4 nitrogen and oxygen atoms in total. The number of nitrogens with zero attached hydrogens (tertiary/aromatic N) is 2. The maximum Gasteiger partial charge on any atom is 0.346 e. The molecule has 0 saturated heterocycles. The summed E-state index contributed by atoms with van der Waals surface area (Å²) in [5, 5.41) is 11.4. The van der Waals surface area contributed by atoms with Crippen molar-refractivity contribution in [3.8, 4) is 0 Å². The molecule has 2 heterocycles. The highest BCUT2D eigenvalue weighted by molar-refractivity contribution is 7.98. The van der Waals surface area contributed by atoms with Gasteiger partial charge in [-0.3, -0.25) is 0 Å².